The third-order valence-electron chi connectivity index (χ3n) is 3.79. The number of rotatable bonds is 3. The molecule has 20 heavy (non-hydrogen) atoms. The largest absolute Gasteiger partial charge is 0.398 e. The molecule has 1 aliphatic rings. The molecule has 1 saturated heterocycles. The van der Waals surface area contributed by atoms with Crippen LogP contribution in [0.1, 0.15) is 20.3 Å². The van der Waals surface area contributed by atoms with Crippen LogP contribution < -0.4 is 15.4 Å². The molecule has 0 saturated carbocycles. The monoisotopic (exact) mass is 297 g/mol. The zero-order valence-electron chi connectivity index (χ0n) is 12.3. The smallest absolute Gasteiger partial charge is 0.242 e. The Kier molecular flexibility index (Phi) is 4.25. The molecule has 0 aromatic heterocycles. The molecule has 0 spiro atoms. The van der Waals surface area contributed by atoms with E-state index in [-0.39, 0.29) is 4.90 Å². The average molecular weight is 297 g/mol. The van der Waals surface area contributed by atoms with Gasteiger partial charge >= 0.3 is 0 Å². The average Bonchev–Trinajstić information content (AvgIpc) is 2.37. The number of nitrogens with two attached hydrogens (primary N) is 1. The molecule has 1 fully saturated rings. The van der Waals surface area contributed by atoms with Gasteiger partial charge in [-0.1, -0.05) is 13.8 Å². The lowest BCUT2D eigenvalue weighted by atomic mass is 9.91. The first kappa shape index (κ1) is 15.1. The Bertz CT molecular complexity index is 576. The molecule has 1 aromatic carbocycles. The molecule has 1 heterocycles. The van der Waals surface area contributed by atoms with E-state index >= 15 is 0 Å². The fourth-order valence-corrected chi connectivity index (χ4v) is 3.80. The fraction of sp³-hybridized carbons (Fsp3) is 0.571. The summed E-state index contributed by atoms with van der Waals surface area (Å²) in [7, 11) is -2.11. The van der Waals surface area contributed by atoms with Gasteiger partial charge in [0.2, 0.25) is 10.0 Å². The van der Waals surface area contributed by atoms with Crippen molar-refractivity contribution in [2.45, 2.75) is 25.2 Å². The molecule has 3 N–H and O–H groups in total. The lowest BCUT2D eigenvalue weighted by Gasteiger charge is -2.36. The zero-order valence-corrected chi connectivity index (χ0v) is 13.1. The van der Waals surface area contributed by atoms with Gasteiger partial charge in [-0.25, -0.2) is 13.1 Å². The van der Waals surface area contributed by atoms with Crippen molar-refractivity contribution in [2.75, 3.05) is 30.8 Å². The third-order valence-corrected chi connectivity index (χ3v) is 5.27. The molecule has 0 aliphatic carbocycles. The molecular weight excluding hydrogens is 274 g/mol. The standard InChI is InChI=1S/C14H23N3O2S/c1-10-6-11(2)9-17(8-10)12-4-5-14(13(15)7-12)20(18,19)16-3/h4-5,7,10-11,16H,6,8-9,15H2,1-3H3. The van der Waals surface area contributed by atoms with E-state index in [1.54, 1.807) is 12.1 Å². The lowest BCUT2D eigenvalue weighted by Crippen LogP contribution is -2.38. The van der Waals surface area contributed by atoms with Crippen molar-refractivity contribution < 1.29 is 8.42 Å². The number of nitrogens with one attached hydrogen (secondary N) is 1. The van der Waals surface area contributed by atoms with Gasteiger partial charge in [0.25, 0.3) is 0 Å². The maximum atomic E-state index is 11.8. The molecular formula is C14H23N3O2S. The Balaban J connectivity index is 2.30. The predicted octanol–water partition coefficient (Wildman–Crippen LogP) is 1.66. The second kappa shape index (κ2) is 5.61. The molecule has 2 rings (SSSR count). The highest BCUT2D eigenvalue weighted by molar-refractivity contribution is 7.89. The number of nitrogens with zero attached hydrogens (tertiary/aromatic N) is 1. The van der Waals surface area contributed by atoms with Crippen LogP contribution in [0.5, 0.6) is 0 Å². The van der Waals surface area contributed by atoms with Crippen molar-refractivity contribution in [3.05, 3.63) is 18.2 Å². The highest BCUT2D eigenvalue weighted by Gasteiger charge is 2.23. The van der Waals surface area contributed by atoms with E-state index in [0.29, 0.717) is 17.5 Å². The number of nitrogen functional groups attached to an aromatic ring is 1. The van der Waals surface area contributed by atoms with Crippen molar-refractivity contribution in [2.24, 2.45) is 11.8 Å². The quantitative estimate of drug-likeness (QED) is 0.832. The van der Waals surface area contributed by atoms with E-state index < -0.39 is 10.0 Å². The molecule has 0 bridgehead atoms. The van der Waals surface area contributed by atoms with Crippen LogP contribution in [0.25, 0.3) is 0 Å². The van der Waals surface area contributed by atoms with Crippen molar-refractivity contribution in [1.29, 1.82) is 0 Å². The number of anilines is 2. The van der Waals surface area contributed by atoms with Crippen LogP contribution in [-0.2, 0) is 10.0 Å². The Morgan fingerprint density at radius 2 is 1.85 bits per heavy atom. The minimum Gasteiger partial charge on any atom is -0.398 e. The summed E-state index contributed by atoms with van der Waals surface area (Å²) in [5.41, 5.74) is 7.20. The first-order valence-electron chi connectivity index (χ1n) is 6.91. The van der Waals surface area contributed by atoms with Crippen LogP contribution in [0.4, 0.5) is 11.4 Å². The normalized spacial score (nSPS) is 23.9. The Morgan fingerprint density at radius 3 is 2.35 bits per heavy atom. The molecule has 6 heteroatoms. The Hall–Kier alpha value is -1.27. The van der Waals surface area contributed by atoms with Crippen LogP contribution in [0.3, 0.4) is 0 Å². The van der Waals surface area contributed by atoms with Gasteiger partial charge in [-0.05, 0) is 43.5 Å². The second-order valence-electron chi connectivity index (χ2n) is 5.78. The summed E-state index contributed by atoms with van der Waals surface area (Å²) in [4.78, 5) is 2.42. The molecule has 2 atom stereocenters. The molecule has 1 aromatic rings. The van der Waals surface area contributed by atoms with Gasteiger partial charge in [-0.3, -0.25) is 0 Å². The highest BCUT2D eigenvalue weighted by Crippen LogP contribution is 2.29. The number of piperidine rings is 1. The maximum absolute atomic E-state index is 11.8. The first-order valence-corrected chi connectivity index (χ1v) is 8.40. The van der Waals surface area contributed by atoms with Crippen LogP contribution >= 0.6 is 0 Å². The fourth-order valence-electron chi connectivity index (χ4n) is 2.96. The summed E-state index contributed by atoms with van der Waals surface area (Å²) in [6, 6.07) is 5.18. The van der Waals surface area contributed by atoms with Gasteiger partial charge in [-0.15, -0.1) is 0 Å². The van der Waals surface area contributed by atoms with Gasteiger partial charge in [0.05, 0.1) is 5.69 Å². The van der Waals surface area contributed by atoms with E-state index in [0.717, 1.165) is 18.8 Å². The summed E-state index contributed by atoms with van der Waals surface area (Å²) in [6.45, 7) is 6.46. The molecule has 0 amide bonds. The van der Waals surface area contributed by atoms with E-state index in [4.69, 9.17) is 5.73 Å². The molecule has 2 unspecified atom stereocenters. The first-order chi connectivity index (χ1) is 9.33. The molecule has 112 valence electrons. The minimum absolute atomic E-state index is 0.141. The van der Waals surface area contributed by atoms with Crippen molar-refractivity contribution in [3.63, 3.8) is 0 Å². The van der Waals surface area contributed by atoms with Crippen molar-refractivity contribution in [3.8, 4) is 0 Å². The summed E-state index contributed by atoms with van der Waals surface area (Å²) < 4.78 is 25.9. The van der Waals surface area contributed by atoms with Crippen molar-refractivity contribution in [1.82, 2.24) is 4.72 Å². The van der Waals surface area contributed by atoms with Gasteiger partial charge in [0.1, 0.15) is 4.90 Å². The number of hydrogen-bond acceptors (Lipinski definition) is 4. The van der Waals surface area contributed by atoms with Crippen LogP contribution in [0.2, 0.25) is 0 Å². The minimum atomic E-state index is -3.49. The molecule has 0 radical (unpaired) electrons. The van der Waals surface area contributed by atoms with Crippen LogP contribution in [0, 0.1) is 11.8 Å². The second-order valence-corrected chi connectivity index (χ2v) is 7.64. The number of benzene rings is 1. The van der Waals surface area contributed by atoms with Gasteiger partial charge in [0.15, 0.2) is 0 Å². The Labute approximate surface area is 121 Å². The van der Waals surface area contributed by atoms with E-state index in [1.165, 1.54) is 13.5 Å². The third kappa shape index (κ3) is 3.07. The summed E-state index contributed by atoms with van der Waals surface area (Å²) in [5.74, 6) is 1.28. The van der Waals surface area contributed by atoms with Crippen LogP contribution in [-0.4, -0.2) is 28.6 Å². The maximum Gasteiger partial charge on any atom is 0.242 e. The van der Waals surface area contributed by atoms with Gasteiger partial charge in [0, 0.05) is 18.8 Å². The van der Waals surface area contributed by atoms with E-state index in [1.807, 2.05) is 6.07 Å². The predicted molar refractivity (Wildman–Crippen MR) is 82.3 cm³/mol. The van der Waals surface area contributed by atoms with E-state index in [9.17, 15) is 8.42 Å². The molecule has 5 nitrogen and oxygen atoms in total. The topological polar surface area (TPSA) is 75.4 Å². The SMILES string of the molecule is CNS(=O)(=O)c1ccc(N2CC(C)CC(C)C2)cc1N. The van der Waals surface area contributed by atoms with E-state index in [2.05, 4.69) is 23.5 Å². The zero-order chi connectivity index (χ0) is 14.9. The summed E-state index contributed by atoms with van der Waals surface area (Å²) >= 11 is 0. The highest BCUT2D eigenvalue weighted by atomic mass is 32.2. The summed E-state index contributed by atoms with van der Waals surface area (Å²) in [5, 5.41) is 0. The summed E-state index contributed by atoms with van der Waals surface area (Å²) in [6.07, 6.45) is 1.23. The molecule has 1 aliphatic heterocycles. The lowest BCUT2D eigenvalue weighted by molar-refractivity contribution is 0.357. The number of hydrogen-bond donors (Lipinski definition) is 2. The van der Waals surface area contributed by atoms with Crippen molar-refractivity contribution >= 4 is 21.4 Å². The van der Waals surface area contributed by atoms with Gasteiger partial charge in [-0.2, -0.15) is 0 Å². The van der Waals surface area contributed by atoms with Crippen LogP contribution in [0.15, 0.2) is 23.1 Å². The van der Waals surface area contributed by atoms with Gasteiger partial charge < -0.3 is 10.6 Å². The number of sulfonamides is 1. The Morgan fingerprint density at radius 1 is 1.25 bits per heavy atom.